The molecule has 0 aromatic heterocycles. The lowest BCUT2D eigenvalue weighted by molar-refractivity contribution is -0.870. The number of phosphoric ester groups is 1. The minimum Gasteiger partial charge on any atom is -0.462 e. The van der Waals surface area contributed by atoms with Crippen molar-refractivity contribution in [1.29, 1.82) is 0 Å². The summed E-state index contributed by atoms with van der Waals surface area (Å²) >= 11 is 0. The Labute approximate surface area is 256 Å². The zero-order valence-electron chi connectivity index (χ0n) is 27.5. The fraction of sp³-hybridized carbons (Fsp3) is 0.875. The van der Waals surface area contributed by atoms with Gasteiger partial charge in [-0.25, -0.2) is 4.57 Å². The number of carbonyl (C=O) groups excluding carboxylic acids is 2. The number of quaternary nitrogens is 1. The molecular weight excluding hydrogens is 557 g/mol. The molecule has 0 aliphatic carbocycles. The van der Waals surface area contributed by atoms with Crippen LogP contribution >= 0.6 is 7.82 Å². The molecule has 9 nitrogen and oxygen atoms in total. The van der Waals surface area contributed by atoms with Crippen LogP contribution in [0.1, 0.15) is 129 Å². The number of carbonyl (C=O) groups is 2. The van der Waals surface area contributed by atoms with Gasteiger partial charge in [0.1, 0.15) is 19.8 Å². The van der Waals surface area contributed by atoms with Crippen molar-refractivity contribution in [2.75, 3.05) is 47.5 Å². The van der Waals surface area contributed by atoms with E-state index in [-0.39, 0.29) is 26.1 Å². The van der Waals surface area contributed by atoms with E-state index in [4.69, 9.17) is 18.5 Å². The third-order valence-corrected chi connectivity index (χ3v) is 7.78. The summed E-state index contributed by atoms with van der Waals surface area (Å²) in [5.41, 5.74) is 0. The molecular formula is C32H63NO8P+. The monoisotopic (exact) mass is 620 g/mol. The molecule has 0 spiro atoms. The largest absolute Gasteiger partial charge is 0.472 e. The first kappa shape index (κ1) is 40.8. The number of allylic oxidation sites excluding steroid dienone is 2. The molecule has 0 amide bonds. The van der Waals surface area contributed by atoms with Crippen molar-refractivity contribution >= 4 is 19.8 Å². The van der Waals surface area contributed by atoms with Crippen molar-refractivity contribution in [1.82, 2.24) is 0 Å². The van der Waals surface area contributed by atoms with Gasteiger partial charge in [-0.15, -0.1) is 0 Å². The molecule has 0 saturated carbocycles. The molecule has 248 valence electrons. The van der Waals surface area contributed by atoms with E-state index in [1.807, 2.05) is 28.1 Å². The molecule has 0 aliphatic rings. The van der Waals surface area contributed by atoms with Gasteiger partial charge < -0.3 is 18.9 Å². The van der Waals surface area contributed by atoms with Crippen molar-refractivity contribution in [3.05, 3.63) is 12.2 Å². The third-order valence-electron chi connectivity index (χ3n) is 6.80. The fourth-order valence-corrected chi connectivity index (χ4v) is 4.84. The molecule has 0 rings (SSSR count). The predicted molar refractivity (Wildman–Crippen MR) is 169 cm³/mol. The molecule has 0 bridgehead atoms. The smallest absolute Gasteiger partial charge is 0.462 e. The summed E-state index contributed by atoms with van der Waals surface area (Å²) in [5, 5.41) is 0. The molecule has 1 N–H and O–H groups in total. The molecule has 2 unspecified atom stereocenters. The molecule has 10 heteroatoms. The lowest BCUT2D eigenvalue weighted by Gasteiger charge is -2.24. The number of ether oxygens (including phenoxy) is 2. The number of nitrogens with zero attached hydrogens (tertiary/aromatic N) is 1. The summed E-state index contributed by atoms with van der Waals surface area (Å²) in [7, 11) is 1.47. The highest BCUT2D eigenvalue weighted by Crippen LogP contribution is 2.43. The maximum atomic E-state index is 12.4. The average molecular weight is 621 g/mol. The Kier molecular flexibility index (Phi) is 25.4. The van der Waals surface area contributed by atoms with E-state index in [9.17, 15) is 19.0 Å². The third kappa shape index (κ3) is 28.9. The molecule has 0 heterocycles. The van der Waals surface area contributed by atoms with E-state index in [1.165, 1.54) is 51.4 Å². The second-order valence-corrected chi connectivity index (χ2v) is 13.7. The topological polar surface area (TPSA) is 108 Å². The van der Waals surface area contributed by atoms with Gasteiger partial charge in [0.25, 0.3) is 0 Å². The van der Waals surface area contributed by atoms with Crippen LogP contribution in [0.4, 0.5) is 0 Å². The van der Waals surface area contributed by atoms with Crippen LogP contribution in [0, 0.1) is 0 Å². The van der Waals surface area contributed by atoms with Crippen LogP contribution in [0.2, 0.25) is 0 Å². The van der Waals surface area contributed by atoms with Crippen molar-refractivity contribution in [2.24, 2.45) is 0 Å². The minimum absolute atomic E-state index is 0.0310. The van der Waals surface area contributed by atoms with Crippen LogP contribution in [0.25, 0.3) is 0 Å². The van der Waals surface area contributed by atoms with Gasteiger partial charge >= 0.3 is 19.8 Å². The molecule has 0 aliphatic heterocycles. The van der Waals surface area contributed by atoms with Crippen LogP contribution in [0.3, 0.4) is 0 Å². The lowest BCUT2D eigenvalue weighted by atomic mass is 10.1. The summed E-state index contributed by atoms with van der Waals surface area (Å²) < 4.78 is 33.6. The highest BCUT2D eigenvalue weighted by molar-refractivity contribution is 7.47. The molecule has 42 heavy (non-hydrogen) atoms. The standard InChI is InChI=1S/C32H62NO8P/c1-6-8-10-11-12-13-14-15-16-17-18-19-20-21-22-23-25-32(35)41-30(28-38-31(34)24-9-7-2)29-40-42(36,37)39-27-26-33(3,4)5/h16-17,30H,6-15,18-29H2,1-5H3/p+1/b17-16-. The van der Waals surface area contributed by atoms with Crippen LogP contribution in [0.15, 0.2) is 12.2 Å². The summed E-state index contributed by atoms with van der Waals surface area (Å²) in [6.07, 6.45) is 22.3. The Bertz CT molecular complexity index is 753. The molecule has 0 saturated heterocycles. The lowest BCUT2D eigenvalue weighted by Crippen LogP contribution is -2.37. The van der Waals surface area contributed by atoms with Crippen LogP contribution < -0.4 is 0 Å². The summed E-state index contributed by atoms with van der Waals surface area (Å²) in [5.74, 6) is -0.850. The van der Waals surface area contributed by atoms with Crippen molar-refractivity contribution in [2.45, 2.75) is 136 Å². The number of esters is 2. The summed E-state index contributed by atoms with van der Waals surface area (Å²) in [4.78, 5) is 34.4. The second kappa shape index (κ2) is 26.2. The van der Waals surface area contributed by atoms with Crippen molar-refractivity contribution in [3.8, 4) is 0 Å². The van der Waals surface area contributed by atoms with Crippen LogP contribution in [-0.4, -0.2) is 74.9 Å². The number of unbranched alkanes of at least 4 members (excludes halogenated alkanes) is 13. The molecule has 0 aromatic rings. The van der Waals surface area contributed by atoms with E-state index >= 15 is 0 Å². The number of hydrogen-bond donors (Lipinski definition) is 1. The maximum Gasteiger partial charge on any atom is 0.472 e. The maximum absolute atomic E-state index is 12.4. The molecule has 0 radical (unpaired) electrons. The van der Waals surface area contributed by atoms with E-state index in [0.29, 0.717) is 23.9 Å². The van der Waals surface area contributed by atoms with Crippen LogP contribution in [-0.2, 0) is 32.7 Å². The Morgan fingerprint density at radius 2 is 1.24 bits per heavy atom. The Hall–Kier alpha value is -1.25. The summed E-state index contributed by atoms with van der Waals surface area (Å²) in [6, 6.07) is 0. The number of rotatable bonds is 29. The van der Waals surface area contributed by atoms with Crippen LogP contribution in [0.5, 0.6) is 0 Å². The molecule has 0 aromatic carbocycles. The minimum atomic E-state index is -4.34. The first-order chi connectivity index (χ1) is 20.0. The molecule has 2 atom stereocenters. The van der Waals surface area contributed by atoms with Gasteiger partial charge in [-0.2, -0.15) is 0 Å². The van der Waals surface area contributed by atoms with E-state index in [1.54, 1.807) is 0 Å². The van der Waals surface area contributed by atoms with E-state index in [2.05, 4.69) is 19.1 Å². The second-order valence-electron chi connectivity index (χ2n) is 12.2. The number of likely N-dealkylation sites (N-methyl/N-ethyl adjacent to an activating group) is 1. The first-order valence-electron chi connectivity index (χ1n) is 16.4. The van der Waals surface area contributed by atoms with Gasteiger partial charge in [0, 0.05) is 12.8 Å². The van der Waals surface area contributed by atoms with Gasteiger partial charge in [0.2, 0.25) is 0 Å². The Morgan fingerprint density at radius 1 is 0.714 bits per heavy atom. The van der Waals surface area contributed by atoms with Gasteiger partial charge in [0.05, 0.1) is 27.7 Å². The average Bonchev–Trinajstić information content (AvgIpc) is 2.92. The fourth-order valence-electron chi connectivity index (χ4n) is 4.10. The predicted octanol–water partition coefficient (Wildman–Crippen LogP) is 7.90. The Morgan fingerprint density at radius 3 is 1.81 bits per heavy atom. The van der Waals surface area contributed by atoms with Gasteiger partial charge in [-0.1, -0.05) is 90.2 Å². The zero-order valence-corrected chi connectivity index (χ0v) is 28.4. The highest BCUT2D eigenvalue weighted by atomic mass is 31.2. The number of hydrogen-bond acceptors (Lipinski definition) is 7. The van der Waals surface area contributed by atoms with Gasteiger partial charge in [0.15, 0.2) is 6.10 Å². The van der Waals surface area contributed by atoms with E-state index < -0.39 is 32.5 Å². The van der Waals surface area contributed by atoms with Gasteiger partial charge in [-0.3, -0.25) is 18.6 Å². The number of phosphoric acid groups is 1. The van der Waals surface area contributed by atoms with Crippen molar-refractivity contribution in [3.63, 3.8) is 0 Å². The van der Waals surface area contributed by atoms with E-state index in [0.717, 1.165) is 38.5 Å². The Balaban J connectivity index is 4.24. The first-order valence-corrected chi connectivity index (χ1v) is 17.9. The zero-order chi connectivity index (χ0) is 31.5. The SMILES string of the molecule is CCCCCCCCC/C=C\CCCCCCCC(=O)OC(COC(=O)CCCC)COP(=O)(O)OCC[N+](C)(C)C. The molecule has 0 fully saturated rings. The summed E-state index contributed by atoms with van der Waals surface area (Å²) in [6.45, 7) is 4.12. The quantitative estimate of drug-likeness (QED) is 0.0296. The highest BCUT2D eigenvalue weighted by Gasteiger charge is 2.27. The van der Waals surface area contributed by atoms with Crippen molar-refractivity contribution < 1.29 is 42.1 Å². The van der Waals surface area contributed by atoms with Gasteiger partial charge in [-0.05, 0) is 38.5 Å². The normalized spacial score (nSPS) is 14.1.